The van der Waals surface area contributed by atoms with Crippen molar-refractivity contribution in [3.05, 3.63) is 48.5 Å². The van der Waals surface area contributed by atoms with Crippen LogP contribution in [-0.4, -0.2) is 81.0 Å². The number of piperazine rings is 1. The van der Waals surface area contributed by atoms with Crippen molar-refractivity contribution < 1.29 is 28.5 Å². The lowest BCUT2D eigenvalue weighted by Gasteiger charge is -2.35. The minimum absolute atomic E-state index is 0.0766. The molecule has 1 aromatic heterocycles. The Morgan fingerprint density at radius 3 is 2.18 bits per heavy atom. The fourth-order valence-corrected chi connectivity index (χ4v) is 4.17. The van der Waals surface area contributed by atoms with E-state index in [-0.39, 0.29) is 18.4 Å². The minimum atomic E-state index is -0.170. The molecule has 38 heavy (non-hydrogen) atoms. The summed E-state index contributed by atoms with van der Waals surface area (Å²) >= 11 is 0. The fraction of sp³-hybridized carbons (Fsp3) is 0.333. The molecule has 2 heterocycles. The predicted octanol–water partition coefficient (Wildman–Crippen LogP) is 2.86. The maximum absolute atomic E-state index is 12.7. The number of hydrogen-bond acceptors (Lipinski definition) is 9. The van der Waals surface area contributed by atoms with Gasteiger partial charge in [-0.25, -0.2) is 0 Å². The number of nitrogens with zero attached hydrogens (tertiary/aromatic N) is 4. The van der Waals surface area contributed by atoms with Crippen molar-refractivity contribution in [2.75, 3.05) is 64.3 Å². The van der Waals surface area contributed by atoms with Gasteiger partial charge in [-0.05, 0) is 36.4 Å². The summed E-state index contributed by atoms with van der Waals surface area (Å²) in [5.74, 6) is 2.58. The molecular weight excluding hydrogens is 490 g/mol. The summed E-state index contributed by atoms with van der Waals surface area (Å²) in [4.78, 5) is 27.8. The van der Waals surface area contributed by atoms with E-state index in [1.165, 1.54) is 6.92 Å². The number of benzene rings is 2. The molecule has 1 aliphatic heterocycles. The van der Waals surface area contributed by atoms with Gasteiger partial charge < -0.3 is 34.1 Å². The molecule has 11 heteroatoms. The van der Waals surface area contributed by atoms with Gasteiger partial charge in [0.15, 0.2) is 23.9 Å². The maximum Gasteiger partial charge on any atom is 0.260 e. The molecule has 0 aliphatic carbocycles. The molecule has 0 unspecified atom stereocenters. The Kier molecular flexibility index (Phi) is 8.47. The third-order valence-electron chi connectivity index (χ3n) is 6.08. The first-order valence-corrected chi connectivity index (χ1v) is 12.1. The van der Waals surface area contributed by atoms with Crippen LogP contribution in [0.1, 0.15) is 6.92 Å². The summed E-state index contributed by atoms with van der Waals surface area (Å²) in [6, 6.07) is 14.4. The number of aromatic nitrogens is 2. The van der Waals surface area contributed by atoms with Gasteiger partial charge in [0.2, 0.25) is 11.7 Å². The van der Waals surface area contributed by atoms with Crippen molar-refractivity contribution in [2.24, 2.45) is 0 Å². The smallest absolute Gasteiger partial charge is 0.260 e. The van der Waals surface area contributed by atoms with Gasteiger partial charge in [0.1, 0.15) is 5.75 Å². The van der Waals surface area contributed by atoms with E-state index in [9.17, 15) is 9.59 Å². The highest BCUT2D eigenvalue weighted by molar-refractivity contribution is 5.88. The molecule has 3 aromatic rings. The SMILES string of the molecule is COc1cc(-c2ccc(N3CCN(C(=O)COc4cccc(NC(C)=O)c4)CC3)nn2)cc(OC)c1OC. The molecule has 2 aromatic carbocycles. The third-order valence-corrected chi connectivity index (χ3v) is 6.08. The second kappa shape index (κ2) is 12.1. The Hall–Kier alpha value is -4.54. The topological polar surface area (TPSA) is 115 Å². The molecular formula is C27H31N5O6. The normalized spacial score (nSPS) is 13.1. The van der Waals surface area contributed by atoms with Gasteiger partial charge in [0, 0.05) is 50.4 Å². The number of ether oxygens (including phenoxy) is 4. The first-order chi connectivity index (χ1) is 18.4. The second-order valence-corrected chi connectivity index (χ2v) is 8.56. The van der Waals surface area contributed by atoms with Crippen LogP contribution in [0.3, 0.4) is 0 Å². The van der Waals surface area contributed by atoms with Crippen LogP contribution >= 0.6 is 0 Å². The zero-order valence-corrected chi connectivity index (χ0v) is 21.9. The maximum atomic E-state index is 12.7. The van der Waals surface area contributed by atoms with E-state index in [2.05, 4.69) is 20.4 Å². The van der Waals surface area contributed by atoms with Crippen molar-refractivity contribution in [3.63, 3.8) is 0 Å². The van der Waals surface area contributed by atoms with Crippen LogP contribution in [-0.2, 0) is 9.59 Å². The molecule has 1 aliphatic rings. The Morgan fingerprint density at radius 2 is 1.61 bits per heavy atom. The van der Waals surface area contributed by atoms with Crippen LogP contribution in [0, 0.1) is 0 Å². The highest BCUT2D eigenvalue weighted by atomic mass is 16.5. The lowest BCUT2D eigenvalue weighted by Crippen LogP contribution is -2.50. The van der Waals surface area contributed by atoms with Gasteiger partial charge in [0.25, 0.3) is 5.91 Å². The van der Waals surface area contributed by atoms with Crippen molar-refractivity contribution in [1.82, 2.24) is 15.1 Å². The number of methoxy groups -OCH3 is 3. The summed E-state index contributed by atoms with van der Waals surface area (Å²) in [7, 11) is 4.69. The van der Waals surface area contributed by atoms with Crippen molar-refractivity contribution >= 4 is 23.3 Å². The number of carbonyl (C=O) groups excluding carboxylic acids is 2. The number of rotatable bonds is 9. The van der Waals surface area contributed by atoms with E-state index in [4.69, 9.17) is 18.9 Å². The largest absolute Gasteiger partial charge is 0.493 e. The van der Waals surface area contributed by atoms with E-state index in [0.29, 0.717) is 60.6 Å². The van der Waals surface area contributed by atoms with E-state index < -0.39 is 0 Å². The van der Waals surface area contributed by atoms with E-state index in [1.807, 2.05) is 24.3 Å². The molecule has 1 saturated heterocycles. The first kappa shape index (κ1) is 26.5. The number of amides is 2. The van der Waals surface area contributed by atoms with Crippen molar-refractivity contribution in [2.45, 2.75) is 6.92 Å². The van der Waals surface area contributed by atoms with Gasteiger partial charge in [0.05, 0.1) is 27.0 Å². The highest BCUT2D eigenvalue weighted by Gasteiger charge is 2.23. The quantitative estimate of drug-likeness (QED) is 0.454. The molecule has 2 amide bonds. The minimum Gasteiger partial charge on any atom is -0.493 e. The van der Waals surface area contributed by atoms with Crippen molar-refractivity contribution in [1.29, 1.82) is 0 Å². The standard InChI is InChI=1S/C27H31N5O6/c1-18(33)28-20-6-5-7-21(16-20)38-17-26(34)32-12-10-31(11-13-32)25-9-8-22(29-30-25)19-14-23(35-2)27(37-4)24(15-19)36-3/h5-9,14-16H,10-13,17H2,1-4H3,(H,28,33). The molecule has 0 bridgehead atoms. The number of carbonyl (C=O) groups is 2. The summed E-state index contributed by atoms with van der Waals surface area (Å²) in [5, 5.41) is 11.5. The predicted molar refractivity (Wildman–Crippen MR) is 142 cm³/mol. The lowest BCUT2D eigenvalue weighted by atomic mass is 10.1. The molecule has 11 nitrogen and oxygen atoms in total. The Balaban J connectivity index is 1.33. The van der Waals surface area contributed by atoms with Gasteiger partial charge in [-0.2, -0.15) is 0 Å². The third kappa shape index (κ3) is 6.23. The number of hydrogen-bond donors (Lipinski definition) is 1. The lowest BCUT2D eigenvalue weighted by molar-refractivity contribution is -0.133. The first-order valence-electron chi connectivity index (χ1n) is 12.1. The zero-order chi connectivity index (χ0) is 27.1. The molecule has 0 saturated carbocycles. The van der Waals surface area contributed by atoms with Crippen LogP contribution in [0.5, 0.6) is 23.0 Å². The van der Waals surface area contributed by atoms with Crippen LogP contribution in [0.25, 0.3) is 11.3 Å². The summed E-state index contributed by atoms with van der Waals surface area (Å²) in [6.45, 7) is 3.71. The number of anilines is 2. The summed E-state index contributed by atoms with van der Waals surface area (Å²) < 4.78 is 21.9. The van der Waals surface area contributed by atoms with E-state index in [1.54, 1.807) is 50.5 Å². The summed E-state index contributed by atoms with van der Waals surface area (Å²) in [5.41, 5.74) is 2.08. The average molecular weight is 522 g/mol. The molecule has 4 rings (SSSR count). The molecule has 0 radical (unpaired) electrons. The Morgan fingerprint density at radius 1 is 0.895 bits per heavy atom. The second-order valence-electron chi connectivity index (χ2n) is 8.56. The highest BCUT2D eigenvalue weighted by Crippen LogP contribution is 2.40. The molecule has 1 fully saturated rings. The number of nitrogens with one attached hydrogen (secondary N) is 1. The zero-order valence-electron chi connectivity index (χ0n) is 21.9. The Labute approximate surface area is 221 Å². The molecule has 1 N–H and O–H groups in total. The fourth-order valence-electron chi connectivity index (χ4n) is 4.17. The van der Waals surface area contributed by atoms with Crippen LogP contribution in [0.15, 0.2) is 48.5 Å². The average Bonchev–Trinajstić information content (AvgIpc) is 2.95. The van der Waals surface area contributed by atoms with E-state index in [0.717, 1.165) is 11.4 Å². The van der Waals surface area contributed by atoms with Crippen LogP contribution in [0.2, 0.25) is 0 Å². The van der Waals surface area contributed by atoms with E-state index >= 15 is 0 Å². The van der Waals surface area contributed by atoms with Crippen LogP contribution < -0.4 is 29.2 Å². The Bertz CT molecular complexity index is 1250. The molecule has 0 spiro atoms. The monoisotopic (exact) mass is 521 g/mol. The van der Waals surface area contributed by atoms with Gasteiger partial charge in [-0.15, -0.1) is 10.2 Å². The van der Waals surface area contributed by atoms with Gasteiger partial charge >= 0.3 is 0 Å². The van der Waals surface area contributed by atoms with Crippen molar-refractivity contribution in [3.8, 4) is 34.3 Å². The molecule has 0 atom stereocenters. The summed E-state index contributed by atoms with van der Waals surface area (Å²) in [6.07, 6.45) is 0. The van der Waals surface area contributed by atoms with Gasteiger partial charge in [-0.1, -0.05) is 6.07 Å². The van der Waals surface area contributed by atoms with Crippen LogP contribution in [0.4, 0.5) is 11.5 Å². The van der Waals surface area contributed by atoms with Gasteiger partial charge in [-0.3, -0.25) is 9.59 Å². The molecule has 200 valence electrons.